The largest absolute Gasteiger partial charge is 0.360 e. The molecule has 1 aliphatic heterocycles. The highest BCUT2D eigenvalue weighted by Crippen LogP contribution is 2.16. The number of nitriles is 1. The lowest BCUT2D eigenvalue weighted by atomic mass is 10.2. The molecule has 1 aromatic carbocycles. The third-order valence-corrected chi connectivity index (χ3v) is 4.06. The van der Waals surface area contributed by atoms with Gasteiger partial charge in [0.25, 0.3) is 5.91 Å². The van der Waals surface area contributed by atoms with Crippen LogP contribution in [0.25, 0.3) is 0 Å². The Morgan fingerprint density at radius 1 is 1.26 bits per heavy atom. The van der Waals surface area contributed by atoms with Crippen molar-refractivity contribution in [1.29, 1.82) is 5.26 Å². The van der Waals surface area contributed by atoms with Gasteiger partial charge in [0.2, 0.25) is 5.91 Å². The highest BCUT2D eigenvalue weighted by molar-refractivity contribution is 9.10. The van der Waals surface area contributed by atoms with E-state index in [1.54, 1.807) is 9.80 Å². The maximum atomic E-state index is 12.4. The Morgan fingerprint density at radius 2 is 1.91 bits per heavy atom. The number of benzene rings is 1. The van der Waals surface area contributed by atoms with E-state index in [2.05, 4.69) is 21.2 Å². The van der Waals surface area contributed by atoms with Crippen molar-refractivity contribution in [3.8, 4) is 6.07 Å². The summed E-state index contributed by atoms with van der Waals surface area (Å²) in [6.07, 6.45) is 1.42. The van der Waals surface area contributed by atoms with Crippen molar-refractivity contribution in [2.45, 2.75) is 6.92 Å². The first-order valence-corrected chi connectivity index (χ1v) is 7.97. The number of anilines is 1. The monoisotopic (exact) mass is 376 g/mol. The smallest absolute Gasteiger partial charge is 0.266 e. The second kappa shape index (κ2) is 7.79. The molecule has 1 aliphatic rings. The van der Waals surface area contributed by atoms with Crippen molar-refractivity contribution >= 4 is 33.4 Å². The summed E-state index contributed by atoms with van der Waals surface area (Å²) in [5.41, 5.74) is 0.822. The summed E-state index contributed by atoms with van der Waals surface area (Å²) in [4.78, 5) is 27.0. The number of carbonyl (C=O) groups excluding carboxylic acids is 2. The number of nitrogens with one attached hydrogen (secondary N) is 1. The van der Waals surface area contributed by atoms with E-state index in [0.29, 0.717) is 26.2 Å². The summed E-state index contributed by atoms with van der Waals surface area (Å²) in [7, 11) is 0. The normalized spacial score (nSPS) is 15.1. The fourth-order valence-electron chi connectivity index (χ4n) is 2.27. The van der Waals surface area contributed by atoms with Gasteiger partial charge in [0.15, 0.2) is 0 Å². The molecule has 2 rings (SSSR count). The van der Waals surface area contributed by atoms with Gasteiger partial charge in [-0.25, -0.2) is 0 Å². The number of carbonyl (C=O) groups is 2. The van der Waals surface area contributed by atoms with E-state index >= 15 is 0 Å². The minimum atomic E-state index is -0.321. The number of halogens is 1. The first-order chi connectivity index (χ1) is 11.0. The summed E-state index contributed by atoms with van der Waals surface area (Å²) in [6, 6.07) is 9.37. The Kier molecular flexibility index (Phi) is 5.77. The van der Waals surface area contributed by atoms with Gasteiger partial charge in [0.05, 0.1) is 0 Å². The zero-order valence-corrected chi connectivity index (χ0v) is 14.3. The molecule has 0 radical (unpaired) electrons. The van der Waals surface area contributed by atoms with Crippen molar-refractivity contribution < 1.29 is 9.59 Å². The van der Waals surface area contributed by atoms with Crippen molar-refractivity contribution in [3.63, 3.8) is 0 Å². The van der Waals surface area contributed by atoms with Crippen LogP contribution < -0.4 is 5.32 Å². The molecule has 1 heterocycles. The molecule has 0 atom stereocenters. The van der Waals surface area contributed by atoms with Crippen LogP contribution in [0.5, 0.6) is 0 Å². The summed E-state index contributed by atoms with van der Waals surface area (Å²) in [5, 5.41) is 12.2. The van der Waals surface area contributed by atoms with Crippen LogP contribution in [0.1, 0.15) is 6.92 Å². The standard InChI is InChI=1S/C16H17BrN4O2/c1-12(22)20-5-7-21(8-6-20)16(23)13(10-18)11-19-15-4-2-3-14(17)9-15/h2-4,9,11,19H,5-8H2,1H3/b13-11-. The van der Waals surface area contributed by atoms with Gasteiger partial charge in [-0.15, -0.1) is 0 Å². The van der Waals surface area contributed by atoms with E-state index < -0.39 is 0 Å². The van der Waals surface area contributed by atoms with Crippen molar-refractivity contribution in [3.05, 3.63) is 40.5 Å². The zero-order valence-electron chi connectivity index (χ0n) is 12.8. The average molecular weight is 377 g/mol. The first kappa shape index (κ1) is 17.0. The van der Waals surface area contributed by atoms with E-state index in [0.717, 1.165) is 10.2 Å². The fourth-order valence-corrected chi connectivity index (χ4v) is 2.67. The van der Waals surface area contributed by atoms with E-state index in [9.17, 15) is 14.9 Å². The van der Waals surface area contributed by atoms with Gasteiger partial charge >= 0.3 is 0 Å². The van der Waals surface area contributed by atoms with Gasteiger partial charge in [-0.2, -0.15) is 5.26 Å². The molecule has 0 spiro atoms. The number of piperazine rings is 1. The number of rotatable bonds is 3. The Hall–Kier alpha value is -2.33. The molecule has 0 aliphatic carbocycles. The lowest BCUT2D eigenvalue weighted by Crippen LogP contribution is -2.50. The number of amides is 2. The Balaban J connectivity index is 2.00. The molecule has 2 amide bonds. The van der Waals surface area contributed by atoms with Crippen LogP contribution in [-0.4, -0.2) is 47.8 Å². The van der Waals surface area contributed by atoms with E-state index in [1.165, 1.54) is 13.1 Å². The average Bonchev–Trinajstić information content (AvgIpc) is 2.55. The van der Waals surface area contributed by atoms with Gasteiger partial charge in [-0.05, 0) is 18.2 Å². The Bertz CT molecular complexity index is 673. The molecule has 0 aromatic heterocycles. The molecule has 1 aromatic rings. The van der Waals surface area contributed by atoms with Gasteiger partial charge in [-0.1, -0.05) is 22.0 Å². The highest BCUT2D eigenvalue weighted by Gasteiger charge is 2.24. The van der Waals surface area contributed by atoms with E-state index in [-0.39, 0.29) is 17.4 Å². The van der Waals surface area contributed by atoms with Gasteiger partial charge in [0.1, 0.15) is 11.6 Å². The molecule has 0 unspecified atom stereocenters. The van der Waals surface area contributed by atoms with Crippen molar-refractivity contribution in [1.82, 2.24) is 9.80 Å². The topological polar surface area (TPSA) is 76.4 Å². The summed E-state index contributed by atoms with van der Waals surface area (Å²) in [6.45, 7) is 3.39. The SMILES string of the molecule is CC(=O)N1CCN(C(=O)/C(C#N)=C\Nc2cccc(Br)c2)CC1. The Labute approximate surface area is 143 Å². The summed E-state index contributed by atoms with van der Waals surface area (Å²) in [5.74, 6) is -0.317. The van der Waals surface area contributed by atoms with E-state index in [1.807, 2.05) is 30.3 Å². The third-order valence-electron chi connectivity index (χ3n) is 3.57. The molecular formula is C16H17BrN4O2. The highest BCUT2D eigenvalue weighted by atomic mass is 79.9. The third kappa shape index (κ3) is 4.57. The van der Waals surface area contributed by atoms with Gasteiger partial charge < -0.3 is 15.1 Å². The number of hydrogen-bond donors (Lipinski definition) is 1. The van der Waals surface area contributed by atoms with Crippen LogP contribution in [0, 0.1) is 11.3 Å². The lowest BCUT2D eigenvalue weighted by Gasteiger charge is -2.34. The maximum Gasteiger partial charge on any atom is 0.266 e. The van der Waals surface area contributed by atoms with E-state index in [4.69, 9.17) is 0 Å². The molecule has 23 heavy (non-hydrogen) atoms. The minimum absolute atomic E-state index is 0.00414. The predicted octanol–water partition coefficient (Wildman–Crippen LogP) is 1.96. The second-order valence-corrected chi connectivity index (χ2v) is 6.04. The van der Waals surface area contributed by atoms with Gasteiger partial charge in [-0.3, -0.25) is 9.59 Å². The number of hydrogen-bond acceptors (Lipinski definition) is 4. The van der Waals surface area contributed by atoms with Crippen LogP contribution in [0.4, 0.5) is 5.69 Å². The second-order valence-electron chi connectivity index (χ2n) is 5.12. The molecule has 120 valence electrons. The molecule has 0 saturated carbocycles. The first-order valence-electron chi connectivity index (χ1n) is 7.18. The van der Waals surface area contributed by atoms with Crippen molar-refractivity contribution in [2.75, 3.05) is 31.5 Å². The van der Waals surface area contributed by atoms with Crippen LogP contribution in [0.3, 0.4) is 0 Å². The predicted molar refractivity (Wildman–Crippen MR) is 90.3 cm³/mol. The summed E-state index contributed by atoms with van der Waals surface area (Å²) >= 11 is 3.36. The molecule has 1 fully saturated rings. The Morgan fingerprint density at radius 3 is 2.48 bits per heavy atom. The fraction of sp³-hybridized carbons (Fsp3) is 0.312. The van der Waals surface area contributed by atoms with Crippen LogP contribution >= 0.6 is 15.9 Å². The quantitative estimate of drug-likeness (QED) is 0.646. The maximum absolute atomic E-state index is 12.4. The van der Waals surface area contributed by atoms with Crippen LogP contribution in [0.15, 0.2) is 40.5 Å². The minimum Gasteiger partial charge on any atom is -0.360 e. The summed E-state index contributed by atoms with van der Waals surface area (Å²) < 4.78 is 0.904. The van der Waals surface area contributed by atoms with Crippen molar-refractivity contribution in [2.24, 2.45) is 0 Å². The number of nitrogens with zero attached hydrogens (tertiary/aromatic N) is 3. The molecule has 0 bridgehead atoms. The zero-order chi connectivity index (χ0) is 16.8. The van der Waals surface area contributed by atoms with Crippen LogP contribution in [0.2, 0.25) is 0 Å². The molecule has 1 N–H and O–H groups in total. The molecule has 7 heteroatoms. The molecule has 1 saturated heterocycles. The van der Waals surface area contributed by atoms with Gasteiger partial charge in [0, 0.05) is 49.5 Å². The molecular weight excluding hydrogens is 360 g/mol. The molecule has 6 nitrogen and oxygen atoms in total. The lowest BCUT2D eigenvalue weighted by molar-refractivity contribution is -0.136. The van der Waals surface area contributed by atoms with Crippen LogP contribution in [-0.2, 0) is 9.59 Å².